The monoisotopic (exact) mass is 277 g/mol. The zero-order valence-corrected chi connectivity index (χ0v) is 11.7. The maximum absolute atomic E-state index is 10.6. The van der Waals surface area contributed by atoms with Gasteiger partial charge in [-0.2, -0.15) is 5.10 Å². The Morgan fingerprint density at radius 2 is 1.94 bits per heavy atom. The van der Waals surface area contributed by atoms with Crippen molar-refractivity contribution in [3.8, 4) is 5.75 Å². The highest BCUT2D eigenvalue weighted by molar-refractivity contribution is 7.89. The fraction of sp³-hybridized carbons (Fsp3) is 0.700. The van der Waals surface area contributed by atoms with Crippen molar-refractivity contribution in [2.45, 2.75) is 13.8 Å². The SMILES string of the molecule is Cc1nn(C)c(C)c1OCCOCCS(N)(=O)=O. The van der Waals surface area contributed by atoms with Gasteiger partial charge >= 0.3 is 0 Å². The van der Waals surface area contributed by atoms with Gasteiger partial charge in [0.05, 0.1) is 24.7 Å². The van der Waals surface area contributed by atoms with Crippen molar-refractivity contribution < 1.29 is 17.9 Å². The van der Waals surface area contributed by atoms with Gasteiger partial charge < -0.3 is 9.47 Å². The maximum Gasteiger partial charge on any atom is 0.211 e. The second kappa shape index (κ2) is 6.17. The average molecular weight is 277 g/mol. The van der Waals surface area contributed by atoms with Crippen LogP contribution in [0.2, 0.25) is 0 Å². The molecule has 1 aromatic heterocycles. The van der Waals surface area contributed by atoms with Gasteiger partial charge in [0.25, 0.3) is 0 Å². The van der Waals surface area contributed by atoms with Crippen LogP contribution in [0.25, 0.3) is 0 Å². The van der Waals surface area contributed by atoms with Crippen LogP contribution in [0, 0.1) is 13.8 Å². The number of sulfonamides is 1. The minimum atomic E-state index is -3.45. The molecule has 0 unspecified atom stereocenters. The molecule has 1 heterocycles. The number of hydrogen-bond acceptors (Lipinski definition) is 5. The van der Waals surface area contributed by atoms with Crippen molar-refractivity contribution in [3.63, 3.8) is 0 Å². The fourth-order valence-corrected chi connectivity index (χ4v) is 1.79. The van der Waals surface area contributed by atoms with E-state index in [1.165, 1.54) is 0 Å². The van der Waals surface area contributed by atoms with Crippen LogP contribution >= 0.6 is 0 Å². The van der Waals surface area contributed by atoms with E-state index in [2.05, 4.69) is 5.10 Å². The van der Waals surface area contributed by atoms with Crippen molar-refractivity contribution in [1.29, 1.82) is 0 Å². The van der Waals surface area contributed by atoms with Gasteiger partial charge in [0.15, 0.2) is 5.75 Å². The highest BCUT2D eigenvalue weighted by atomic mass is 32.2. The van der Waals surface area contributed by atoms with E-state index < -0.39 is 10.0 Å². The molecule has 0 aromatic carbocycles. The Morgan fingerprint density at radius 3 is 2.44 bits per heavy atom. The van der Waals surface area contributed by atoms with Crippen molar-refractivity contribution in [2.24, 2.45) is 12.2 Å². The van der Waals surface area contributed by atoms with Crippen LogP contribution in [0.1, 0.15) is 11.4 Å². The molecular weight excluding hydrogens is 258 g/mol. The summed E-state index contributed by atoms with van der Waals surface area (Å²) in [6.45, 7) is 4.51. The summed E-state index contributed by atoms with van der Waals surface area (Å²) in [4.78, 5) is 0. The zero-order valence-electron chi connectivity index (χ0n) is 10.8. The Morgan fingerprint density at radius 1 is 1.28 bits per heavy atom. The van der Waals surface area contributed by atoms with E-state index in [4.69, 9.17) is 14.6 Å². The second-order valence-corrected chi connectivity index (χ2v) is 5.69. The number of ether oxygens (including phenoxy) is 2. The summed E-state index contributed by atoms with van der Waals surface area (Å²) in [5, 5.41) is 9.05. The molecule has 1 rings (SSSR count). The van der Waals surface area contributed by atoms with E-state index in [1.807, 2.05) is 20.9 Å². The molecule has 2 N–H and O–H groups in total. The largest absolute Gasteiger partial charge is 0.487 e. The molecule has 104 valence electrons. The number of aromatic nitrogens is 2. The van der Waals surface area contributed by atoms with E-state index in [9.17, 15) is 8.42 Å². The molecule has 7 nitrogen and oxygen atoms in total. The van der Waals surface area contributed by atoms with Gasteiger partial charge in [-0.05, 0) is 13.8 Å². The number of nitrogens with zero attached hydrogens (tertiary/aromatic N) is 2. The highest BCUT2D eigenvalue weighted by Crippen LogP contribution is 2.20. The fourth-order valence-electron chi connectivity index (χ4n) is 1.44. The van der Waals surface area contributed by atoms with E-state index >= 15 is 0 Å². The number of primary sulfonamides is 1. The summed E-state index contributed by atoms with van der Waals surface area (Å²) in [7, 11) is -1.61. The molecule has 0 saturated heterocycles. The zero-order chi connectivity index (χ0) is 13.8. The third-order valence-corrected chi connectivity index (χ3v) is 3.16. The van der Waals surface area contributed by atoms with Crippen LogP contribution < -0.4 is 9.88 Å². The number of aryl methyl sites for hydroxylation is 2. The Hall–Kier alpha value is -1.12. The molecule has 0 aliphatic rings. The van der Waals surface area contributed by atoms with E-state index in [0.29, 0.717) is 13.2 Å². The van der Waals surface area contributed by atoms with Crippen LogP contribution in [0.5, 0.6) is 5.75 Å². The first kappa shape index (κ1) is 14.9. The Balaban J connectivity index is 2.26. The lowest BCUT2D eigenvalue weighted by Gasteiger charge is -2.07. The van der Waals surface area contributed by atoms with Crippen LogP contribution in [-0.4, -0.2) is 43.8 Å². The van der Waals surface area contributed by atoms with Gasteiger partial charge in [-0.15, -0.1) is 0 Å². The predicted octanol–water partition coefficient (Wildman–Crippen LogP) is -0.279. The van der Waals surface area contributed by atoms with E-state index in [-0.39, 0.29) is 12.4 Å². The first-order valence-corrected chi connectivity index (χ1v) is 7.24. The van der Waals surface area contributed by atoms with E-state index in [1.54, 1.807) is 4.68 Å². The summed E-state index contributed by atoms with van der Waals surface area (Å²) in [5.41, 5.74) is 1.76. The van der Waals surface area contributed by atoms with Gasteiger partial charge in [-0.1, -0.05) is 0 Å². The lowest BCUT2D eigenvalue weighted by Crippen LogP contribution is -2.21. The molecular formula is C10H19N3O4S. The topological polar surface area (TPSA) is 96.4 Å². The minimum Gasteiger partial charge on any atom is -0.487 e. The Kier molecular flexibility index (Phi) is 5.12. The molecule has 0 atom stereocenters. The first-order chi connectivity index (χ1) is 8.31. The summed E-state index contributed by atoms with van der Waals surface area (Å²) >= 11 is 0. The number of hydrogen-bond donors (Lipinski definition) is 1. The molecule has 0 amide bonds. The third-order valence-electron chi connectivity index (χ3n) is 2.43. The second-order valence-electron chi connectivity index (χ2n) is 3.95. The molecule has 18 heavy (non-hydrogen) atoms. The first-order valence-electron chi connectivity index (χ1n) is 5.52. The minimum absolute atomic E-state index is 0.0766. The van der Waals surface area contributed by atoms with Crippen LogP contribution in [0.3, 0.4) is 0 Å². The Labute approximate surface area is 107 Å². The molecule has 0 fully saturated rings. The Bertz CT molecular complexity index is 495. The van der Waals surface area contributed by atoms with Crippen LogP contribution in [0.15, 0.2) is 0 Å². The molecule has 0 saturated carbocycles. The maximum atomic E-state index is 10.6. The van der Waals surface area contributed by atoms with Crippen molar-refractivity contribution in [2.75, 3.05) is 25.6 Å². The van der Waals surface area contributed by atoms with Gasteiger partial charge in [0.2, 0.25) is 10.0 Å². The summed E-state index contributed by atoms with van der Waals surface area (Å²) in [5.74, 6) is 0.561. The van der Waals surface area contributed by atoms with Gasteiger partial charge in [0, 0.05) is 7.05 Å². The normalized spacial score (nSPS) is 11.8. The van der Waals surface area contributed by atoms with Gasteiger partial charge in [-0.3, -0.25) is 4.68 Å². The molecule has 1 aromatic rings. The van der Waals surface area contributed by atoms with E-state index in [0.717, 1.165) is 17.1 Å². The molecule has 0 spiro atoms. The third kappa shape index (κ3) is 4.63. The van der Waals surface area contributed by atoms with Crippen molar-refractivity contribution in [1.82, 2.24) is 9.78 Å². The molecule has 0 bridgehead atoms. The average Bonchev–Trinajstić information content (AvgIpc) is 2.47. The van der Waals surface area contributed by atoms with Crippen LogP contribution in [-0.2, 0) is 21.8 Å². The number of nitrogens with two attached hydrogens (primary N) is 1. The van der Waals surface area contributed by atoms with Crippen molar-refractivity contribution in [3.05, 3.63) is 11.4 Å². The molecule has 0 aliphatic carbocycles. The number of rotatable bonds is 7. The summed E-state index contributed by atoms with van der Waals surface area (Å²) < 4.78 is 33.6. The molecule has 0 radical (unpaired) electrons. The predicted molar refractivity (Wildman–Crippen MR) is 67.0 cm³/mol. The lowest BCUT2D eigenvalue weighted by atomic mass is 10.3. The van der Waals surface area contributed by atoms with Gasteiger partial charge in [0.1, 0.15) is 12.3 Å². The quantitative estimate of drug-likeness (QED) is 0.691. The van der Waals surface area contributed by atoms with Gasteiger partial charge in [-0.25, -0.2) is 13.6 Å². The smallest absolute Gasteiger partial charge is 0.211 e. The van der Waals surface area contributed by atoms with Crippen molar-refractivity contribution >= 4 is 10.0 Å². The highest BCUT2D eigenvalue weighted by Gasteiger charge is 2.10. The molecule has 0 aliphatic heterocycles. The van der Waals surface area contributed by atoms with Crippen LogP contribution in [0.4, 0.5) is 0 Å². The molecule has 8 heteroatoms. The summed E-state index contributed by atoms with van der Waals surface area (Å²) in [6.07, 6.45) is 0. The lowest BCUT2D eigenvalue weighted by molar-refractivity contribution is 0.110. The standard InChI is InChI=1S/C10H19N3O4S/c1-8-10(9(2)13(3)12-8)17-5-4-16-6-7-18(11,14)15/h4-7H2,1-3H3,(H2,11,14,15). The summed E-state index contributed by atoms with van der Waals surface area (Å²) in [6, 6.07) is 0.